The van der Waals surface area contributed by atoms with Crippen LogP contribution in [-0.4, -0.2) is 46.2 Å². The van der Waals surface area contributed by atoms with Crippen molar-refractivity contribution in [1.29, 1.82) is 0 Å². The number of sulfonamides is 1. The molecule has 0 radical (unpaired) electrons. The third-order valence-corrected chi connectivity index (χ3v) is 4.68. The predicted molar refractivity (Wildman–Crippen MR) is 76.9 cm³/mol. The van der Waals surface area contributed by atoms with E-state index in [4.69, 9.17) is 4.74 Å². The van der Waals surface area contributed by atoms with E-state index in [0.29, 0.717) is 13.1 Å². The molecule has 0 aromatic heterocycles. The Hall–Kier alpha value is -1.11. The van der Waals surface area contributed by atoms with E-state index in [-0.39, 0.29) is 5.75 Å². The maximum Gasteiger partial charge on any atom is 0.214 e. The van der Waals surface area contributed by atoms with Crippen LogP contribution in [0.5, 0.6) is 5.75 Å². The molecule has 1 aromatic rings. The average Bonchev–Trinajstić information content (AvgIpc) is 2.34. The summed E-state index contributed by atoms with van der Waals surface area (Å²) in [5.41, 5.74) is 2.18. The van der Waals surface area contributed by atoms with Gasteiger partial charge < -0.3 is 10.1 Å². The lowest BCUT2D eigenvalue weighted by atomic mass is 10.1. The molecule has 1 aromatic carbocycles. The second kappa shape index (κ2) is 6.88. The normalized spacial score (nSPS) is 11.8. The Bertz CT molecular complexity index is 513. The van der Waals surface area contributed by atoms with Gasteiger partial charge in [0, 0.05) is 32.7 Å². The van der Waals surface area contributed by atoms with Gasteiger partial charge in [-0.15, -0.1) is 0 Å². The van der Waals surface area contributed by atoms with Crippen LogP contribution >= 0.6 is 0 Å². The van der Waals surface area contributed by atoms with Gasteiger partial charge in [-0.2, -0.15) is 0 Å². The van der Waals surface area contributed by atoms with Crippen LogP contribution in [0.15, 0.2) is 18.2 Å². The molecule has 0 aliphatic rings. The Balaban J connectivity index is 2.52. The third-order valence-electron chi connectivity index (χ3n) is 2.84. The predicted octanol–water partition coefficient (Wildman–Crippen LogP) is 0.985. The van der Waals surface area contributed by atoms with Gasteiger partial charge >= 0.3 is 0 Å². The van der Waals surface area contributed by atoms with Crippen molar-refractivity contribution in [3.63, 3.8) is 0 Å². The van der Waals surface area contributed by atoms with Gasteiger partial charge in [-0.05, 0) is 13.0 Å². The van der Waals surface area contributed by atoms with Gasteiger partial charge in [-0.25, -0.2) is 12.7 Å². The third kappa shape index (κ3) is 4.81. The molecule has 0 aliphatic carbocycles. The Morgan fingerprint density at radius 2 is 2.00 bits per heavy atom. The molecule has 19 heavy (non-hydrogen) atoms. The lowest BCUT2D eigenvalue weighted by Crippen LogP contribution is -2.31. The Morgan fingerprint density at radius 3 is 2.58 bits per heavy atom. The minimum atomic E-state index is -3.14. The van der Waals surface area contributed by atoms with E-state index in [1.165, 1.54) is 4.31 Å². The van der Waals surface area contributed by atoms with Gasteiger partial charge in [0.25, 0.3) is 0 Å². The van der Waals surface area contributed by atoms with E-state index >= 15 is 0 Å². The summed E-state index contributed by atoms with van der Waals surface area (Å²) in [4.78, 5) is 0. The van der Waals surface area contributed by atoms with Crippen LogP contribution in [0.2, 0.25) is 0 Å². The smallest absolute Gasteiger partial charge is 0.214 e. The summed E-state index contributed by atoms with van der Waals surface area (Å²) in [6.07, 6.45) is 0. The van der Waals surface area contributed by atoms with Crippen LogP contribution in [0.25, 0.3) is 0 Å². The molecular weight excluding hydrogens is 264 g/mol. The maximum absolute atomic E-state index is 11.6. The molecule has 0 aliphatic heterocycles. The molecule has 0 spiro atoms. The second-order valence-corrected chi connectivity index (χ2v) is 6.89. The second-order valence-electron chi connectivity index (χ2n) is 4.59. The number of hydrogen-bond acceptors (Lipinski definition) is 4. The fourth-order valence-electron chi connectivity index (χ4n) is 1.65. The fourth-order valence-corrected chi connectivity index (χ4v) is 2.42. The van der Waals surface area contributed by atoms with E-state index in [1.54, 1.807) is 21.2 Å². The van der Waals surface area contributed by atoms with Crippen molar-refractivity contribution < 1.29 is 13.2 Å². The van der Waals surface area contributed by atoms with Crippen molar-refractivity contribution in [2.45, 2.75) is 13.5 Å². The summed E-state index contributed by atoms with van der Waals surface area (Å²) in [7, 11) is 1.57. The summed E-state index contributed by atoms with van der Waals surface area (Å²) >= 11 is 0. The van der Waals surface area contributed by atoms with Crippen LogP contribution in [-0.2, 0) is 16.6 Å². The topological polar surface area (TPSA) is 58.6 Å². The van der Waals surface area contributed by atoms with Crippen LogP contribution in [0.4, 0.5) is 0 Å². The number of rotatable bonds is 7. The molecule has 0 bridgehead atoms. The summed E-state index contributed by atoms with van der Waals surface area (Å²) in [5, 5.41) is 3.13. The van der Waals surface area contributed by atoms with E-state index < -0.39 is 10.0 Å². The van der Waals surface area contributed by atoms with Gasteiger partial charge in [0.15, 0.2) is 0 Å². The van der Waals surface area contributed by atoms with Crippen LogP contribution < -0.4 is 10.1 Å². The highest BCUT2D eigenvalue weighted by Crippen LogP contribution is 2.19. The summed E-state index contributed by atoms with van der Waals surface area (Å²) in [6, 6.07) is 5.94. The van der Waals surface area contributed by atoms with E-state index in [9.17, 15) is 8.42 Å². The Labute approximate surface area is 115 Å². The monoisotopic (exact) mass is 286 g/mol. The molecule has 0 heterocycles. The number of aryl methyl sites for hydroxylation is 1. The highest BCUT2D eigenvalue weighted by molar-refractivity contribution is 7.89. The molecule has 1 N–H and O–H groups in total. The number of hydrogen-bond donors (Lipinski definition) is 1. The minimum Gasteiger partial charge on any atom is -0.496 e. The van der Waals surface area contributed by atoms with Crippen LogP contribution in [0.3, 0.4) is 0 Å². The van der Waals surface area contributed by atoms with Crippen molar-refractivity contribution in [1.82, 2.24) is 9.62 Å². The van der Waals surface area contributed by atoms with Gasteiger partial charge in [0.05, 0.1) is 12.9 Å². The molecule has 0 fully saturated rings. The number of nitrogens with one attached hydrogen (secondary N) is 1. The van der Waals surface area contributed by atoms with Crippen molar-refractivity contribution in [3.8, 4) is 5.75 Å². The average molecular weight is 286 g/mol. The first-order chi connectivity index (χ1) is 8.86. The van der Waals surface area contributed by atoms with E-state index in [1.807, 2.05) is 25.1 Å². The molecule has 0 saturated heterocycles. The number of methoxy groups -OCH3 is 1. The van der Waals surface area contributed by atoms with Crippen molar-refractivity contribution in [2.24, 2.45) is 0 Å². The van der Waals surface area contributed by atoms with Crippen molar-refractivity contribution >= 4 is 10.0 Å². The zero-order chi connectivity index (χ0) is 14.5. The molecule has 0 amide bonds. The molecule has 0 unspecified atom stereocenters. The van der Waals surface area contributed by atoms with Gasteiger partial charge in [-0.1, -0.05) is 17.7 Å². The quantitative estimate of drug-likeness (QED) is 0.759. The molecule has 108 valence electrons. The van der Waals surface area contributed by atoms with Gasteiger partial charge in [0.2, 0.25) is 10.0 Å². The first kappa shape index (κ1) is 15.9. The summed E-state index contributed by atoms with van der Waals surface area (Å²) in [6.45, 7) is 3.02. The zero-order valence-corrected chi connectivity index (χ0v) is 12.8. The largest absolute Gasteiger partial charge is 0.496 e. The molecule has 0 atom stereocenters. The van der Waals surface area contributed by atoms with Crippen LogP contribution in [0.1, 0.15) is 11.1 Å². The first-order valence-corrected chi connectivity index (χ1v) is 7.72. The fraction of sp³-hybridized carbons (Fsp3) is 0.538. The lowest BCUT2D eigenvalue weighted by Gasteiger charge is -2.13. The Morgan fingerprint density at radius 1 is 1.32 bits per heavy atom. The highest BCUT2D eigenvalue weighted by atomic mass is 32.2. The SMILES string of the molecule is COc1ccc(C)cc1CNCCS(=O)(=O)N(C)C. The lowest BCUT2D eigenvalue weighted by molar-refractivity contribution is 0.408. The van der Waals surface area contributed by atoms with Crippen molar-refractivity contribution in [2.75, 3.05) is 33.5 Å². The molecule has 6 heteroatoms. The first-order valence-electron chi connectivity index (χ1n) is 6.11. The molecule has 5 nitrogen and oxygen atoms in total. The standard InChI is InChI=1S/C13H22N2O3S/c1-11-5-6-13(18-4)12(9-11)10-14-7-8-19(16,17)15(2)3/h5-6,9,14H,7-8,10H2,1-4H3. The van der Waals surface area contributed by atoms with Gasteiger partial charge in [-0.3, -0.25) is 0 Å². The van der Waals surface area contributed by atoms with E-state index in [2.05, 4.69) is 5.32 Å². The number of nitrogens with zero attached hydrogens (tertiary/aromatic N) is 1. The number of ether oxygens (including phenoxy) is 1. The molecule has 0 saturated carbocycles. The molecule has 1 rings (SSSR count). The zero-order valence-electron chi connectivity index (χ0n) is 11.9. The molecular formula is C13H22N2O3S. The van der Waals surface area contributed by atoms with Crippen LogP contribution in [0, 0.1) is 6.92 Å². The number of benzene rings is 1. The minimum absolute atomic E-state index is 0.0914. The van der Waals surface area contributed by atoms with Crippen molar-refractivity contribution in [3.05, 3.63) is 29.3 Å². The van der Waals surface area contributed by atoms with E-state index in [0.717, 1.165) is 16.9 Å². The summed E-state index contributed by atoms with van der Waals surface area (Å²) in [5.74, 6) is 0.905. The van der Waals surface area contributed by atoms with Gasteiger partial charge in [0.1, 0.15) is 5.75 Å². The Kier molecular flexibility index (Phi) is 5.78. The highest BCUT2D eigenvalue weighted by Gasteiger charge is 2.12. The summed E-state index contributed by atoms with van der Waals surface area (Å²) < 4.78 is 29.7. The maximum atomic E-state index is 11.6.